The maximum absolute atomic E-state index is 12.3. The summed E-state index contributed by atoms with van der Waals surface area (Å²) in [6, 6.07) is 42.4. The lowest BCUT2D eigenvalue weighted by Gasteiger charge is -2.20. The Morgan fingerprint density at radius 2 is 0.769 bits per heavy atom. The van der Waals surface area contributed by atoms with E-state index in [4.69, 9.17) is 51.6 Å². The van der Waals surface area contributed by atoms with E-state index < -0.39 is 24.1 Å². The lowest BCUT2D eigenvalue weighted by atomic mass is 10.1. The summed E-state index contributed by atoms with van der Waals surface area (Å²) >= 11 is 11.5. The van der Waals surface area contributed by atoms with Crippen molar-refractivity contribution in [3.05, 3.63) is 133 Å². The highest BCUT2D eigenvalue weighted by Gasteiger charge is 2.19. The first kappa shape index (κ1) is 38.1. The van der Waals surface area contributed by atoms with E-state index >= 15 is 0 Å². The van der Waals surface area contributed by atoms with Crippen LogP contribution in [-0.4, -0.2) is 62.3 Å². The SMILES string of the molecule is O=C(CCCl)OC(COc1ccc(-c2ccccc2)cc1)COc1cccc(OCC(COc2ccc(-c3ccccc3)cc2)OC(=O)CCCl)c1. The molecule has 270 valence electrons. The zero-order valence-electron chi connectivity index (χ0n) is 28.5. The Morgan fingerprint density at radius 1 is 0.423 bits per heavy atom. The fourth-order valence-electron chi connectivity index (χ4n) is 5.04. The van der Waals surface area contributed by atoms with Gasteiger partial charge in [0, 0.05) is 17.8 Å². The predicted octanol–water partition coefficient (Wildman–Crippen LogP) is 9.02. The van der Waals surface area contributed by atoms with Gasteiger partial charge in [-0.2, -0.15) is 0 Å². The molecule has 0 bridgehead atoms. The zero-order valence-corrected chi connectivity index (χ0v) is 30.0. The Balaban J connectivity index is 1.15. The van der Waals surface area contributed by atoms with E-state index in [-0.39, 0.29) is 51.0 Å². The monoisotopic (exact) mass is 742 g/mol. The average molecular weight is 744 g/mol. The third-order valence-electron chi connectivity index (χ3n) is 7.67. The van der Waals surface area contributed by atoms with Crippen LogP contribution in [0, 0.1) is 0 Å². The summed E-state index contributed by atoms with van der Waals surface area (Å²) in [7, 11) is 0. The molecule has 2 atom stereocenters. The van der Waals surface area contributed by atoms with Crippen LogP contribution in [0.15, 0.2) is 133 Å². The van der Waals surface area contributed by atoms with Gasteiger partial charge in [0.2, 0.25) is 0 Å². The molecule has 0 saturated heterocycles. The highest BCUT2D eigenvalue weighted by atomic mass is 35.5. The summed E-state index contributed by atoms with van der Waals surface area (Å²) in [5.74, 6) is 1.59. The standard InChI is InChI=1S/C42H40Cl2O8/c43-24-22-41(45)51-39(27-47-35-18-14-33(15-19-35)31-8-3-1-4-9-31)29-49-37-12-7-13-38(26-37)50-30-40(52-42(46)23-25-44)28-48-36-20-16-34(17-21-36)32-10-5-2-6-11-32/h1-21,26,39-40H,22-25,27-30H2. The molecule has 5 aromatic rings. The number of esters is 2. The molecule has 0 aliphatic rings. The van der Waals surface area contributed by atoms with Crippen LogP contribution in [-0.2, 0) is 19.1 Å². The van der Waals surface area contributed by atoms with Crippen LogP contribution >= 0.6 is 23.2 Å². The predicted molar refractivity (Wildman–Crippen MR) is 203 cm³/mol. The molecule has 52 heavy (non-hydrogen) atoms. The van der Waals surface area contributed by atoms with E-state index in [9.17, 15) is 9.59 Å². The highest BCUT2D eigenvalue weighted by molar-refractivity contribution is 6.19. The van der Waals surface area contributed by atoms with Crippen LogP contribution in [0.2, 0.25) is 0 Å². The average Bonchev–Trinajstić information content (AvgIpc) is 3.18. The maximum Gasteiger partial charge on any atom is 0.307 e. The summed E-state index contributed by atoms with van der Waals surface area (Å²) in [5.41, 5.74) is 4.32. The van der Waals surface area contributed by atoms with Gasteiger partial charge in [-0.3, -0.25) is 9.59 Å². The molecule has 0 saturated carbocycles. The molecular formula is C42H40Cl2O8. The van der Waals surface area contributed by atoms with Crippen molar-refractivity contribution in [1.29, 1.82) is 0 Å². The molecule has 0 aromatic heterocycles. The van der Waals surface area contributed by atoms with Crippen molar-refractivity contribution in [2.24, 2.45) is 0 Å². The summed E-state index contributed by atoms with van der Waals surface area (Å²) in [6.45, 7) is 0.183. The Bertz CT molecular complexity index is 1670. The minimum atomic E-state index is -0.710. The number of halogens is 2. The molecule has 0 heterocycles. The Hall–Kier alpha value is -5.18. The first-order valence-electron chi connectivity index (χ1n) is 16.9. The molecule has 5 rings (SSSR count). The molecule has 0 amide bonds. The zero-order chi connectivity index (χ0) is 36.4. The van der Waals surface area contributed by atoms with Gasteiger partial charge < -0.3 is 28.4 Å². The number of alkyl halides is 2. The van der Waals surface area contributed by atoms with Crippen molar-refractivity contribution in [1.82, 2.24) is 0 Å². The van der Waals surface area contributed by atoms with Gasteiger partial charge >= 0.3 is 11.9 Å². The number of rotatable bonds is 20. The van der Waals surface area contributed by atoms with Crippen LogP contribution in [0.1, 0.15) is 12.8 Å². The quantitative estimate of drug-likeness (QED) is 0.0577. The smallest absolute Gasteiger partial charge is 0.307 e. The molecular weight excluding hydrogens is 703 g/mol. The molecule has 2 unspecified atom stereocenters. The fourth-order valence-corrected chi connectivity index (χ4v) is 5.34. The molecule has 0 aliphatic heterocycles. The van der Waals surface area contributed by atoms with Crippen LogP contribution < -0.4 is 18.9 Å². The number of carbonyl (C=O) groups is 2. The fraction of sp³-hybridized carbons (Fsp3) is 0.238. The van der Waals surface area contributed by atoms with Gasteiger partial charge in [0.05, 0.1) is 12.8 Å². The first-order chi connectivity index (χ1) is 25.5. The molecule has 5 aromatic carbocycles. The summed E-state index contributed by atoms with van der Waals surface area (Å²) in [5, 5.41) is 0. The van der Waals surface area contributed by atoms with Crippen LogP contribution in [0.3, 0.4) is 0 Å². The summed E-state index contributed by atoms with van der Waals surface area (Å²) in [4.78, 5) is 24.6. The minimum absolute atomic E-state index is 0.0230. The molecule has 0 fully saturated rings. The Labute approximate surface area is 314 Å². The number of hydrogen-bond donors (Lipinski definition) is 0. The van der Waals surface area contributed by atoms with Crippen molar-refractivity contribution >= 4 is 35.1 Å². The molecule has 0 radical (unpaired) electrons. The minimum Gasteiger partial charge on any atom is -0.490 e. The largest absolute Gasteiger partial charge is 0.490 e. The molecule has 0 aliphatic carbocycles. The maximum atomic E-state index is 12.3. The number of carbonyl (C=O) groups excluding carboxylic acids is 2. The van der Waals surface area contributed by atoms with Crippen molar-refractivity contribution in [2.45, 2.75) is 25.0 Å². The number of benzene rings is 5. The second-order valence-corrected chi connectivity index (χ2v) is 12.4. The topological polar surface area (TPSA) is 89.5 Å². The van der Waals surface area contributed by atoms with Crippen molar-refractivity contribution in [3.8, 4) is 45.3 Å². The van der Waals surface area contributed by atoms with Gasteiger partial charge in [0.15, 0.2) is 12.2 Å². The van der Waals surface area contributed by atoms with E-state index in [0.29, 0.717) is 23.0 Å². The lowest BCUT2D eigenvalue weighted by Crippen LogP contribution is -2.31. The van der Waals surface area contributed by atoms with Crippen molar-refractivity contribution in [3.63, 3.8) is 0 Å². The van der Waals surface area contributed by atoms with Gasteiger partial charge in [-0.05, 0) is 58.7 Å². The van der Waals surface area contributed by atoms with Crippen LogP contribution in [0.4, 0.5) is 0 Å². The van der Waals surface area contributed by atoms with Crippen molar-refractivity contribution in [2.75, 3.05) is 38.2 Å². The lowest BCUT2D eigenvalue weighted by molar-refractivity contribution is -0.152. The number of hydrogen-bond acceptors (Lipinski definition) is 8. The van der Waals surface area contributed by atoms with Crippen LogP contribution in [0.25, 0.3) is 22.3 Å². The second-order valence-electron chi connectivity index (χ2n) is 11.6. The molecule has 0 spiro atoms. The first-order valence-corrected chi connectivity index (χ1v) is 18.0. The number of ether oxygens (including phenoxy) is 6. The van der Waals surface area contributed by atoms with Gasteiger partial charge in [0.25, 0.3) is 0 Å². The second kappa shape index (κ2) is 20.6. The van der Waals surface area contributed by atoms with Gasteiger partial charge in [-0.1, -0.05) is 91.0 Å². The van der Waals surface area contributed by atoms with E-state index in [1.54, 1.807) is 24.3 Å². The van der Waals surface area contributed by atoms with E-state index in [2.05, 4.69) is 0 Å². The van der Waals surface area contributed by atoms with Gasteiger partial charge in [-0.15, -0.1) is 23.2 Å². The summed E-state index contributed by atoms with van der Waals surface area (Å²) < 4.78 is 35.2. The highest BCUT2D eigenvalue weighted by Crippen LogP contribution is 2.25. The van der Waals surface area contributed by atoms with E-state index in [0.717, 1.165) is 22.3 Å². The van der Waals surface area contributed by atoms with E-state index in [1.807, 2.05) is 109 Å². The van der Waals surface area contributed by atoms with E-state index in [1.165, 1.54) is 0 Å². The molecule has 8 nitrogen and oxygen atoms in total. The van der Waals surface area contributed by atoms with Gasteiger partial charge in [0.1, 0.15) is 49.4 Å². The van der Waals surface area contributed by atoms with Crippen molar-refractivity contribution < 1.29 is 38.0 Å². The Morgan fingerprint density at radius 3 is 1.13 bits per heavy atom. The third kappa shape index (κ3) is 12.5. The molecule has 10 heteroatoms. The molecule has 0 N–H and O–H groups in total. The van der Waals surface area contributed by atoms with Gasteiger partial charge in [-0.25, -0.2) is 0 Å². The third-order valence-corrected chi connectivity index (χ3v) is 8.04. The summed E-state index contributed by atoms with van der Waals surface area (Å²) in [6.07, 6.45) is -1.30. The Kier molecular flexibility index (Phi) is 15.1. The van der Waals surface area contributed by atoms with Crippen LogP contribution in [0.5, 0.6) is 23.0 Å². The normalized spacial score (nSPS) is 11.9.